The molecule has 0 saturated heterocycles. The number of hydrazine groups is 1. The molecule has 0 saturated carbocycles. The average Bonchev–Trinajstić information content (AvgIpc) is 2.70. The molecule has 0 fully saturated rings. The number of aromatic amines is 1. The fourth-order valence-electron chi connectivity index (χ4n) is 2.92. The molecule has 1 heterocycles. The SMILES string of the molecule is CCOc1cc(-c2ccc(C)c(C(=O)O)c2)ccc1-c1nc(NN)c(N)c(=O)[nH]1. The molecule has 0 amide bonds. The molecule has 1 aromatic heterocycles. The van der Waals surface area contributed by atoms with Crippen LogP contribution in [0.3, 0.4) is 0 Å². The summed E-state index contributed by atoms with van der Waals surface area (Å²) in [5.74, 6) is 5.16. The molecular formula is C20H21N5O4. The number of hydrogen-bond acceptors (Lipinski definition) is 7. The van der Waals surface area contributed by atoms with E-state index in [9.17, 15) is 14.7 Å². The summed E-state index contributed by atoms with van der Waals surface area (Å²) in [6.07, 6.45) is 0. The molecule has 9 heteroatoms. The van der Waals surface area contributed by atoms with Gasteiger partial charge in [0.15, 0.2) is 5.82 Å². The van der Waals surface area contributed by atoms with Gasteiger partial charge in [-0.1, -0.05) is 18.2 Å². The van der Waals surface area contributed by atoms with Gasteiger partial charge in [0.05, 0.1) is 17.7 Å². The van der Waals surface area contributed by atoms with Gasteiger partial charge in [0.2, 0.25) is 0 Å². The highest BCUT2D eigenvalue weighted by Gasteiger charge is 2.15. The van der Waals surface area contributed by atoms with Crippen molar-refractivity contribution in [3.05, 3.63) is 57.9 Å². The first-order chi connectivity index (χ1) is 13.8. The predicted octanol–water partition coefficient (Wildman–Crippen LogP) is 2.38. The van der Waals surface area contributed by atoms with E-state index in [1.54, 1.807) is 37.3 Å². The maximum atomic E-state index is 12.1. The quantitative estimate of drug-likeness (QED) is 0.314. The number of rotatable bonds is 6. The number of ether oxygens (including phenoxy) is 1. The van der Waals surface area contributed by atoms with E-state index in [0.717, 1.165) is 11.1 Å². The number of aromatic carboxylic acids is 1. The van der Waals surface area contributed by atoms with E-state index in [0.29, 0.717) is 23.5 Å². The standard InChI is InChI=1S/C20H21N5O4/c1-3-29-15-9-12(11-5-4-10(2)14(8-11)20(27)28)6-7-13(15)17-23-18(25-22)16(21)19(26)24-17/h4-9H,3,21-22H2,1-2H3,(H,27,28)(H2,23,24,25,26). The summed E-state index contributed by atoms with van der Waals surface area (Å²) in [4.78, 5) is 30.4. The third-order valence-electron chi connectivity index (χ3n) is 4.43. The Morgan fingerprint density at radius 2 is 1.93 bits per heavy atom. The minimum Gasteiger partial charge on any atom is -0.493 e. The van der Waals surface area contributed by atoms with Gasteiger partial charge in [0.1, 0.15) is 17.3 Å². The van der Waals surface area contributed by atoms with Crippen LogP contribution in [0, 0.1) is 6.92 Å². The fourth-order valence-corrected chi connectivity index (χ4v) is 2.92. The maximum Gasteiger partial charge on any atom is 0.335 e. The smallest absolute Gasteiger partial charge is 0.335 e. The summed E-state index contributed by atoms with van der Waals surface area (Å²) >= 11 is 0. The number of nitrogens with one attached hydrogen (secondary N) is 2. The lowest BCUT2D eigenvalue weighted by Crippen LogP contribution is -2.20. The zero-order valence-corrected chi connectivity index (χ0v) is 15.9. The molecule has 7 N–H and O–H groups in total. The van der Waals surface area contributed by atoms with Gasteiger partial charge in [-0.15, -0.1) is 0 Å². The van der Waals surface area contributed by atoms with E-state index >= 15 is 0 Å². The topological polar surface area (TPSA) is 156 Å². The number of anilines is 2. The molecule has 29 heavy (non-hydrogen) atoms. The van der Waals surface area contributed by atoms with Crippen molar-refractivity contribution in [2.75, 3.05) is 17.8 Å². The van der Waals surface area contributed by atoms with Crippen LogP contribution in [-0.2, 0) is 0 Å². The summed E-state index contributed by atoms with van der Waals surface area (Å²) in [5.41, 5.74) is 10.2. The van der Waals surface area contributed by atoms with Crippen LogP contribution in [0.2, 0.25) is 0 Å². The van der Waals surface area contributed by atoms with Crippen LogP contribution in [0.4, 0.5) is 11.5 Å². The Kier molecular flexibility index (Phi) is 5.51. The minimum absolute atomic E-state index is 0.0555. The highest BCUT2D eigenvalue weighted by atomic mass is 16.5. The van der Waals surface area contributed by atoms with Crippen LogP contribution in [0.25, 0.3) is 22.5 Å². The van der Waals surface area contributed by atoms with Gasteiger partial charge >= 0.3 is 5.97 Å². The number of hydrogen-bond donors (Lipinski definition) is 5. The van der Waals surface area contributed by atoms with Crippen LogP contribution < -0.4 is 27.3 Å². The molecule has 0 unspecified atom stereocenters. The number of nitrogens with two attached hydrogens (primary N) is 2. The summed E-state index contributed by atoms with van der Waals surface area (Å²) in [6.45, 7) is 3.96. The van der Waals surface area contributed by atoms with Crippen molar-refractivity contribution in [3.8, 4) is 28.3 Å². The Labute approximate surface area is 166 Å². The Bertz CT molecular complexity index is 1140. The second-order valence-corrected chi connectivity index (χ2v) is 6.30. The summed E-state index contributed by atoms with van der Waals surface area (Å²) in [7, 11) is 0. The Hall–Kier alpha value is -3.85. The lowest BCUT2D eigenvalue weighted by atomic mass is 9.98. The molecule has 3 rings (SSSR count). The lowest BCUT2D eigenvalue weighted by molar-refractivity contribution is 0.0696. The van der Waals surface area contributed by atoms with Crippen LogP contribution in [0.1, 0.15) is 22.8 Å². The molecule has 3 aromatic rings. The van der Waals surface area contributed by atoms with Crippen molar-refractivity contribution in [1.82, 2.24) is 9.97 Å². The van der Waals surface area contributed by atoms with Crippen LogP contribution in [0.15, 0.2) is 41.2 Å². The normalized spacial score (nSPS) is 10.6. The molecule has 0 aliphatic heterocycles. The van der Waals surface area contributed by atoms with Crippen molar-refractivity contribution in [1.29, 1.82) is 0 Å². The third kappa shape index (κ3) is 3.90. The van der Waals surface area contributed by atoms with Gasteiger partial charge in [-0.25, -0.2) is 15.6 Å². The molecule has 0 spiro atoms. The summed E-state index contributed by atoms with van der Waals surface area (Å²) in [6, 6.07) is 10.5. The average molecular weight is 395 g/mol. The minimum atomic E-state index is -0.989. The maximum absolute atomic E-state index is 12.1. The molecular weight excluding hydrogens is 374 g/mol. The number of benzene rings is 2. The summed E-state index contributed by atoms with van der Waals surface area (Å²) in [5, 5.41) is 9.37. The first-order valence-corrected chi connectivity index (χ1v) is 8.83. The fraction of sp³-hybridized carbons (Fsp3) is 0.150. The molecule has 2 aromatic carbocycles. The van der Waals surface area contributed by atoms with Crippen LogP contribution in [-0.4, -0.2) is 27.7 Å². The van der Waals surface area contributed by atoms with Crippen molar-refractivity contribution >= 4 is 17.5 Å². The Balaban J connectivity index is 2.14. The largest absolute Gasteiger partial charge is 0.493 e. The van der Waals surface area contributed by atoms with E-state index in [1.807, 2.05) is 13.0 Å². The van der Waals surface area contributed by atoms with E-state index < -0.39 is 11.5 Å². The van der Waals surface area contributed by atoms with Crippen molar-refractivity contribution in [2.24, 2.45) is 5.84 Å². The molecule has 0 aliphatic carbocycles. The molecule has 9 nitrogen and oxygen atoms in total. The van der Waals surface area contributed by atoms with Crippen molar-refractivity contribution < 1.29 is 14.6 Å². The van der Waals surface area contributed by atoms with E-state index in [2.05, 4.69) is 15.4 Å². The number of carbonyl (C=O) groups is 1. The van der Waals surface area contributed by atoms with Crippen molar-refractivity contribution in [3.63, 3.8) is 0 Å². The number of H-pyrrole nitrogens is 1. The molecule has 0 aliphatic rings. The van der Waals surface area contributed by atoms with E-state index in [4.69, 9.17) is 16.3 Å². The second-order valence-electron chi connectivity index (χ2n) is 6.30. The Morgan fingerprint density at radius 3 is 2.59 bits per heavy atom. The monoisotopic (exact) mass is 395 g/mol. The highest BCUT2D eigenvalue weighted by Crippen LogP contribution is 2.34. The predicted molar refractivity (Wildman–Crippen MR) is 111 cm³/mol. The zero-order chi connectivity index (χ0) is 21.1. The summed E-state index contributed by atoms with van der Waals surface area (Å²) < 4.78 is 5.74. The second kappa shape index (κ2) is 8.03. The van der Waals surface area contributed by atoms with Gasteiger partial charge in [0, 0.05) is 0 Å². The molecule has 0 radical (unpaired) electrons. The van der Waals surface area contributed by atoms with Gasteiger partial charge in [-0.3, -0.25) is 4.79 Å². The van der Waals surface area contributed by atoms with E-state index in [-0.39, 0.29) is 22.9 Å². The number of nitrogens with zero attached hydrogens (tertiary/aromatic N) is 1. The van der Waals surface area contributed by atoms with Crippen LogP contribution in [0.5, 0.6) is 5.75 Å². The molecule has 0 atom stereocenters. The Morgan fingerprint density at radius 1 is 1.24 bits per heavy atom. The van der Waals surface area contributed by atoms with Gasteiger partial charge < -0.3 is 26.0 Å². The first kappa shape index (κ1) is 19.9. The van der Waals surface area contributed by atoms with Crippen LogP contribution >= 0.6 is 0 Å². The number of carboxylic acid groups (broad SMARTS) is 1. The molecule has 0 bridgehead atoms. The number of aryl methyl sites for hydroxylation is 1. The van der Waals surface area contributed by atoms with Gasteiger partial charge in [-0.05, 0) is 48.7 Å². The lowest BCUT2D eigenvalue weighted by Gasteiger charge is -2.14. The van der Waals surface area contributed by atoms with E-state index in [1.165, 1.54) is 0 Å². The first-order valence-electron chi connectivity index (χ1n) is 8.83. The zero-order valence-electron chi connectivity index (χ0n) is 15.9. The van der Waals surface area contributed by atoms with Crippen molar-refractivity contribution in [2.45, 2.75) is 13.8 Å². The van der Waals surface area contributed by atoms with Gasteiger partial charge in [0.25, 0.3) is 5.56 Å². The highest BCUT2D eigenvalue weighted by molar-refractivity contribution is 5.91. The number of aromatic nitrogens is 2. The molecule has 150 valence electrons. The third-order valence-corrected chi connectivity index (χ3v) is 4.43. The number of carboxylic acids is 1. The van der Waals surface area contributed by atoms with Gasteiger partial charge in [-0.2, -0.15) is 0 Å². The number of nitrogen functional groups attached to an aromatic ring is 2.